The van der Waals surface area contributed by atoms with Crippen LogP contribution in [0.25, 0.3) is 65.5 Å². The smallest absolute Gasteiger partial charge is 0.300 e. The first-order valence-corrected chi connectivity index (χ1v) is 13.4. The minimum absolute atomic E-state index is 0.0863. The van der Waals surface area contributed by atoms with Crippen LogP contribution in [0.5, 0.6) is 0 Å². The summed E-state index contributed by atoms with van der Waals surface area (Å²) < 4.78 is 107. The lowest BCUT2D eigenvalue weighted by molar-refractivity contribution is -0.140. The zero-order valence-corrected chi connectivity index (χ0v) is 22.9. The van der Waals surface area contributed by atoms with E-state index in [1.165, 1.54) is 6.20 Å². The Morgan fingerprint density at radius 3 is 1.70 bits per heavy atom. The second kappa shape index (κ2) is 9.90. The maximum atomic E-state index is 14.3. The average molecular weight is 630 g/mol. The lowest BCUT2D eigenvalue weighted by Gasteiger charge is -2.09. The summed E-state index contributed by atoms with van der Waals surface area (Å²) in [5.74, 6) is -2.86. The Labute approximate surface area is 252 Å². The van der Waals surface area contributed by atoms with Crippen LogP contribution in [0, 0.1) is 28.5 Å². The average Bonchev–Trinajstić information content (AvgIpc) is 3.45. The van der Waals surface area contributed by atoms with Crippen molar-refractivity contribution in [2.45, 2.75) is 12.4 Å². The summed E-state index contributed by atoms with van der Waals surface area (Å²) in [6.07, 6.45) is -6.58. The molecule has 1 aromatic heterocycles. The Morgan fingerprint density at radius 1 is 0.587 bits per heavy atom. The molecule has 0 aliphatic heterocycles. The standard InChI is InChI=1S/C34H14F8N4/c35-28-9-16(2-5-26(28)33(37,38)39)15-1-4-19-20-11-23-24(12-22(20)30(44)21(19)7-15)32(46-14-43)25-8-18(13-45-31(23)25)17-3-6-27(29(36)10-17)34(40,41)42/h1-13,44H. The molecule has 0 radical (unpaired) electrons. The molecule has 4 nitrogen and oxygen atoms in total. The van der Waals surface area contributed by atoms with E-state index in [4.69, 9.17) is 5.41 Å². The second-order valence-corrected chi connectivity index (χ2v) is 10.6. The molecule has 12 heteroatoms. The Bertz CT molecular complexity index is 2570. The van der Waals surface area contributed by atoms with Gasteiger partial charge in [-0.1, -0.05) is 24.3 Å². The fourth-order valence-corrected chi connectivity index (χ4v) is 5.91. The minimum atomic E-state index is -4.86. The number of nitrogens with zero attached hydrogens (tertiary/aromatic N) is 3. The number of fused-ring (bicyclic) bond motifs is 6. The molecular formula is C34H14F8N4. The molecule has 0 spiro atoms. The number of hydrogen-bond acceptors (Lipinski definition) is 4. The third-order valence-electron chi connectivity index (χ3n) is 8.04. The van der Waals surface area contributed by atoms with Crippen LogP contribution >= 0.6 is 0 Å². The van der Waals surface area contributed by atoms with Crippen LogP contribution < -0.4 is 10.7 Å². The van der Waals surface area contributed by atoms with E-state index in [1.54, 1.807) is 42.6 Å². The summed E-state index contributed by atoms with van der Waals surface area (Å²) in [6, 6.07) is 15.0. The van der Waals surface area contributed by atoms with Crippen molar-refractivity contribution < 1.29 is 35.1 Å². The predicted molar refractivity (Wildman–Crippen MR) is 154 cm³/mol. The number of aromatic nitrogens is 1. The van der Waals surface area contributed by atoms with E-state index in [0.717, 1.165) is 24.3 Å². The van der Waals surface area contributed by atoms with Gasteiger partial charge in [-0.05, 0) is 76.0 Å². The molecule has 0 aliphatic carbocycles. The first-order valence-electron chi connectivity index (χ1n) is 13.4. The molecule has 1 heterocycles. The Morgan fingerprint density at radius 2 is 1.11 bits per heavy atom. The van der Waals surface area contributed by atoms with E-state index >= 15 is 0 Å². The van der Waals surface area contributed by atoms with Crippen LogP contribution in [-0.2, 0) is 12.4 Å². The molecule has 0 saturated heterocycles. The number of alkyl halides is 6. The summed E-state index contributed by atoms with van der Waals surface area (Å²) in [5, 5.41) is 22.3. The number of rotatable bonds is 2. The highest BCUT2D eigenvalue weighted by Gasteiger charge is 2.35. The van der Waals surface area contributed by atoms with E-state index in [9.17, 15) is 40.4 Å². The van der Waals surface area contributed by atoms with Gasteiger partial charge in [0, 0.05) is 38.7 Å². The topological polar surface area (TPSA) is 72.9 Å². The largest absolute Gasteiger partial charge is 0.419 e. The molecular weight excluding hydrogens is 616 g/mol. The van der Waals surface area contributed by atoms with Gasteiger partial charge in [0.05, 0.1) is 27.4 Å². The van der Waals surface area contributed by atoms with Crippen LogP contribution in [0.4, 0.5) is 35.1 Å². The molecule has 7 rings (SSSR count). The summed E-state index contributed by atoms with van der Waals surface area (Å²) >= 11 is 0. The number of halogens is 8. The van der Waals surface area contributed by atoms with Crippen molar-refractivity contribution in [3.05, 3.63) is 112 Å². The number of nitriles is 1. The zero-order valence-electron chi connectivity index (χ0n) is 22.9. The van der Waals surface area contributed by atoms with Gasteiger partial charge in [-0.2, -0.15) is 36.6 Å². The van der Waals surface area contributed by atoms with Crippen molar-refractivity contribution in [2.75, 3.05) is 0 Å². The van der Waals surface area contributed by atoms with Crippen LogP contribution in [0.1, 0.15) is 11.1 Å². The molecule has 1 N–H and O–H groups in total. The van der Waals surface area contributed by atoms with Gasteiger partial charge in [-0.15, -0.1) is 0 Å². The van der Waals surface area contributed by atoms with Crippen LogP contribution in [-0.4, -0.2) is 4.98 Å². The van der Waals surface area contributed by atoms with Crippen LogP contribution in [0.3, 0.4) is 0 Å². The van der Waals surface area contributed by atoms with Crippen molar-refractivity contribution in [1.82, 2.24) is 4.98 Å². The Balaban J connectivity index is 1.40. The van der Waals surface area contributed by atoms with Gasteiger partial charge in [0.1, 0.15) is 11.6 Å². The first kappa shape index (κ1) is 29.0. The summed E-state index contributed by atoms with van der Waals surface area (Å²) in [5.41, 5.74) is -1.33. The molecule has 0 bridgehead atoms. The van der Waals surface area contributed by atoms with E-state index < -0.39 is 35.1 Å². The second-order valence-electron chi connectivity index (χ2n) is 10.6. The normalized spacial score (nSPS) is 13.0. The van der Waals surface area contributed by atoms with Crippen LogP contribution in [0.2, 0.25) is 0 Å². The molecule has 0 saturated carbocycles. The SMILES string of the molecule is N#CN=c1c2cc3c(=N)c4cc(-c5ccc(C(F)(F)F)c(F)c5)ccc4c3cc2c2ncc(-c3ccc(C(F)(F)F)c(F)c3)cc12. The molecule has 0 atom stereocenters. The Kier molecular flexibility index (Phi) is 6.25. The molecule has 46 heavy (non-hydrogen) atoms. The molecule has 6 aromatic carbocycles. The molecule has 0 amide bonds. The number of pyridine rings is 1. The highest BCUT2D eigenvalue weighted by molar-refractivity contribution is 6.20. The highest BCUT2D eigenvalue weighted by atomic mass is 19.4. The van der Waals surface area contributed by atoms with Gasteiger partial charge in [0.25, 0.3) is 0 Å². The number of benzene rings is 4. The summed E-state index contributed by atoms with van der Waals surface area (Å²) in [4.78, 5) is 8.46. The maximum Gasteiger partial charge on any atom is 0.419 e. The number of nitrogens with one attached hydrogen (secondary N) is 1. The fraction of sp³-hybridized carbons (Fsp3) is 0.0588. The third kappa shape index (κ3) is 4.46. The van der Waals surface area contributed by atoms with E-state index in [0.29, 0.717) is 66.5 Å². The number of hydrogen-bond donors (Lipinski definition) is 1. The molecule has 7 aromatic rings. The monoisotopic (exact) mass is 630 g/mol. The van der Waals surface area contributed by atoms with Crippen LogP contribution in [0.15, 0.2) is 84.0 Å². The molecule has 226 valence electrons. The third-order valence-corrected chi connectivity index (χ3v) is 8.04. The van der Waals surface area contributed by atoms with Crippen molar-refractivity contribution >= 4 is 43.2 Å². The van der Waals surface area contributed by atoms with Crippen molar-refractivity contribution in [1.29, 1.82) is 10.7 Å². The van der Waals surface area contributed by atoms with Crippen molar-refractivity contribution in [3.8, 4) is 28.4 Å². The highest BCUT2D eigenvalue weighted by Crippen LogP contribution is 2.37. The van der Waals surface area contributed by atoms with E-state index in [2.05, 4.69) is 9.98 Å². The van der Waals surface area contributed by atoms with Gasteiger partial charge in [-0.3, -0.25) is 10.4 Å². The van der Waals surface area contributed by atoms with Crippen molar-refractivity contribution in [2.24, 2.45) is 4.99 Å². The zero-order chi connectivity index (χ0) is 32.7. The minimum Gasteiger partial charge on any atom is -0.300 e. The molecule has 0 aliphatic rings. The fourth-order valence-electron chi connectivity index (χ4n) is 5.91. The first-order chi connectivity index (χ1) is 21.8. The van der Waals surface area contributed by atoms with Gasteiger partial charge in [-0.25, -0.2) is 8.78 Å². The lowest BCUT2D eigenvalue weighted by Crippen LogP contribution is -2.07. The molecule has 0 fully saturated rings. The maximum absolute atomic E-state index is 14.3. The van der Waals surface area contributed by atoms with E-state index in [-0.39, 0.29) is 21.8 Å². The van der Waals surface area contributed by atoms with Gasteiger partial charge in [0.15, 0.2) is 0 Å². The molecule has 0 unspecified atom stereocenters. The van der Waals surface area contributed by atoms with Gasteiger partial charge in [0.2, 0.25) is 6.19 Å². The Hall–Kier alpha value is -5.70. The summed E-state index contributed by atoms with van der Waals surface area (Å²) in [6.45, 7) is 0. The lowest BCUT2D eigenvalue weighted by atomic mass is 10.0. The summed E-state index contributed by atoms with van der Waals surface area (Å²) in [7, 11) is 0. The quantitative estimate of drug-likeness (QED) is 0.153. The van der Waals surface area contributed by atoms with Gasteiger partial charge >= 0.3 is 12.4 Å². The van der Waals surface area contributed by atoms with Gasteiger partial charge < -0.3 is 0 Å². The van der Waals surface area contributed by atoms with E-state index in [1.807, 2.05) is 0 Å². The predicted octanol–water partition coefficient (Wildman–Crippen LogP) is 9.08. The van der Waals surface area contributed by atoms with Crippen molar-refractivity contribution in [3.63, 3.8) is 0 Å².